The van der Waals surface area contributed by atoms with Crippen LogP contribution in [0.15, 0.2) is 0 Å². The highest BCUT2D eigenvalue weighted by molar-refractivity contribution is 5.98. The zero-order valence-corrected chi connectivity index (χ0v) is 17.9. The van der Waals surface area contributed by atoms with Crippen molar-refractivity contribution in [3.05, 3.63) is 0 Å². The number of nitrogens with zero attached hydrogens (tertiary/aromatic N) is 1. The molecule has 0 spiro atoms. The van der Waals surface area contributed by atoms with Crippen molar-refractivity contribution in [1.29, 1.82) is 0 Å². The van der Waals surface area contributed by atoms with Crippen molar-refractivity contribution in [2.45, 2.75) is 116 Å². The van der Waals surface area contributed by atoms with E-state index in [1.54, 1.807) is 27.7 Å². The van der Waals surface area contributed by atoms with Crippen molar-refractivity contribution in [3.63, 3.8) is 0 Å². The monoisotopic (exact) mass is 395 g/mol. The number of hydrogen-bond acceptors (Lipinski definition) is 4. The molecule has 7 heteroatoms. The summed E-state index contributed by atoms with van der Waals surface area (Å²) in [6.45, 7) is 6.91. The number of imide groups is 1. The predicted molar refractivity (Wildman–Crippen MR) is 108 cm³/mol. The molecule has 2 fully saturated rings. The zero-order chi connectivity index (χ0) is 20.7. The summed E-state index contributed by atoms with van der Waals surface area (Å²) < 4.78 is 5.24. The Labute approximate surface area is 168 Å². The van der Waals surface area contributed by atoms with Crippen LogP contribution in [0.2, 0.25) is 0 Å². The summed E-state index contributed by atoms with van der Waals surface area (Å²) in [7, 11) is 0. The average molecular weight is 396 g/mol. The lowest BCUT2D eigenvalue weighted by Crippen LogP contribution is -2.57. The third-order valence-corrected chi connectivity index (χ3v) is 5.43. The van der Waals surface area contributed by atoms with Gasteiger partial charge >= 0.3 is 12.1 Å². The topological polar surface area (TPSA) is 87.7 Å². The Morgan fingerprint density at radius 1 is 0.929 bits per heavy atom. The average Bonchev–Trinajstić information content (AvgIpc) is 2.61. The minimum Gasteiger partial charge on any atom is -0.444 e. The normalized spacial score (nSPS) is 20.1. The molecule has 28 heavy (non-hydrogen) atoms. The van der Waals surface area contributed by atoms with E-state index in [-0.39, 0.29) is 24.0 Å². The molecule has 0 bridgehead atoms. The van der Waals surface area contributed by atoms with E-state index in [4.69, 9.17) is 4.74 Å². The van der Waals surface area contributed by atoms with Crippen molar-refractivity contribution < 1.29 is 19.1 Å². The summed E-state index contributed by atoms with van der Waals surface area (Å²) in [5.41, 5.74) is -0.645. The fourth-order valence-electron chi connectivity index (χ4n) is 4.03. The van der Waals surface area contributed by atoms with Gasteiger partial charge in [-0.3, -0.25) is 9.69 Å². The first-order chi connectivity index (χ1) is 13.2. The number of amides is 4. The molecule has 0 aromatic rings. The first kappa shape index (κ1) is 22.5. The highest BCUT2D eigenvalue weighted by Gasteiger charge is 2.35. The van der Waals surface area contributed by atoms with Crippen molar-refractivity contribution >= 4 is 18.0 Å². The number of alkyl carbamates (subject to hydrolysis) is 1. The van der Waals surface area contributed by atoms with Crippen molar-refractivity contribution in [3.8, 4) is 0 Å². The van der Waals surface area contributed by atoms with E-state index in [0.717, 1.165) is 57.8 Å². The molecule has 2 aliphatic rings. The van der Waals surface area contributed by atoms with Gasteiger partial charge in [0.2, 0.25) is 0 Å². The summed E-state index contributed by atoms with van der Waals surface area (Å²) in [5, 5.41) is 5.65. The molecule has 2 N–H and O–H groups in total. The maximum atomic E-state index is 13.1. The van der Waals surface area contributed by atoms with E-state index in [2.05, 4.69) is 10.6 Å². The number of rotatable bonds is 4. The third-order valence-electron chi connectivity index (χ3n) is 5.43. The summed E-state index contributed by atoms with van der Waals surface area (Å²) in [6, 6.07) is -1.11. The van der Waals surface area contributed by atoms with Gasteiger partial charge in [-0.1, -0.05) is 38.5 Å². The number of hydrogen-bond donors (Lipinski definition) is 2. The molecular weight excluding hydrogens is 358 g/mol. The van der Waals surface area contributed by atoms with Gasteiger partial charge < -0.3 is 15.4 Å². The Balaban J connectivity index is 2.05. The molecule has 0 radical (unpaired) electrons. The SMILES string of the molecule is CC(NC(=O)OC(C)(C)C)C(=O)N(C(=O)NC1CCCCC1)C1CCCCC1. The van der Waals surface area contributed by atoms with Gasteiger partial charge in [-0.05, 0) is 53.4 Å². The molecule has 7 nitrogen and oxygen atoms in total. The molecule has 0 heterocycles. The van der Waals surface area contributed by atoms with Crippen LogP contribution >= 0.6 is 0 Å². The first-order valence-corrected chi connectivity index (χ1v) is 10.8. The zero-order valence-electron chi connectivity index (χ0n) is 17.9. The van der Waals surface area contributed by atoms with Gasteiger partial charge in [0, 0.05) is 12.1 Å². The minimum atomic E-state index is -0.825. The van der Waals surface area contributed by atoms with Gasteiger partial charge in [0.15, 0.2) is 0 Å². The molecule has 2 rings (SSSR count). The van der Waals surface area contributed by atoms with Crippen LogP contribution in [0.3, 0.4) is 0 Å². The van der Waals surface area contributed by atoms with Crippen molar-refractivity contribution in [2.75, 3.05) is 0 Å². The maximum Gasteiger partial charge on any atom is 0.408 e. The van der Waals surface area contributed by atoms with Gasteiger partial charge in [-0.25, -0.2) is 9.59 Å². The summed E-state index contributed by atoms with van der Waals surface area (Å²) in [5.74, 6) is -0.369. The molecule has 160 valence electrons. The molecule has 2 aliphatic carbocycles. The Kier molecular flexibility index (Phi) is 8.13. The van der Waals surface area contributed by atoms with Crippen LogP contribution in [0.5, 0.6) is 0 Å². The largest absolute Gasteiger partial charge is 0.444 e. The van der Waals surface area contributed by atoms with Gasteiger partial charge in [-0.15, -0.1) is 0 Å². The van der Waals surface area contributed by atoms with Crippen LogP contribution < -0.4 is 10.6 Å². The molecule has 1 atom stereocenters. The Bertz CT molecular complexity index is 546. The predicted octanol–water partition coefficient (Wildman–Crippen LogP) is 4.10. The lowest BCUT2D eigenvalue weighted by molar-refractivity contribution is -0.132. The van der Waals surface area contributed by atoms with E-state index in [0.29, 0.717) is 0 Å². The van der Waals surface area contributed by atoms with E-state index >= 15 is 0 Å². The fraction of sp³-hybridized carbons (Fsp3) is 0.857. The van der Waals surface area contributed by atoms with Crippen molar-refractivity contribution in [2.24, 2.45) is 0 Å². The number of nitrogens with one attached hydrogen (secondary N) is 2. The van der Waals surface area contributed by atoms with Crippen LogP contribution in [0.4, 0.5) is 9.59 Å². The highest BCUT2D eigenvalue weighted by Crippen LogP contribution is 2.24. The lowest BCUT2D eigenvalue weighted by Gasteiger charge is -2.36. The molecular formula is C21H37N3O4. The van der Waals surface area contributed by atoms with Gasteiger partial charge in [0.25, 0.3) is 5.91 Å². The molecule has 0 saturated heterocycles. The Morgan fingerprint density at radius 3 is 2.00 bits per heavy atom. The molecule has 0 aromatic carbocycles. The molecule has 1 unspecified atom stereocenters. The molecule has 2 saturated carbocycles. The summed E-state index contributed by atoms with van der Waals surface area (Å²) in [4.78, 5) is 39.6. The van der Waals surface area contributed by atoms with E-state index in [9.17, 15) is 14.4 Å². The molecule has 0 aromatic heterocycles. The molecule has 0 aliphatic heterocycles. The van der Waals surface area contributed by atoms with E-state index < -0.39 is 17.7 Å². The second-order valence-electron chi connectivity index (χ2n) is 9.15. The first-order valence-electron chi connectivity index (χ1n) is 10.8. The number of carbonyl (C=O) groups is 3. The van der Waals surface area contributed by atoms with Crippen LogP contribution in [0, 0.1) is 0 Å². The van der Waals surface area contributed by atoms with Crippen LogP contribution in [0.25, 0.3) is 0 Å². The number of carbonyl (C=O) groups excluding carboxylic acids is 3. The van der Waals surface area contributed by atoms with E-state index in [1.165, 1.54) is 11.3 Å². The highest BCUT2D eigenvalue weighted by atomic mass is 16.6. The van der Waals surface area contributed by atoms with Gasteiger partial charge in [0.05, 0.1) is 0 Å². The third kappa shape index (κ3) is 6.99. The quantitative estimate of drug-likeness (QED) is 0.750. The standard InChI is InChI=1S/C21H37N3O4/c1-15(22-20(27)28-21(2,3)4)18(25)24(17-13-9-6-10-14-17)19(26)23-16-11-7-5-8-12-16/h15-17H,5-14H2,1-4H3,(H,22,27)(H,23,26). The van der Waals surface area contributed by atoms with Crippen LogP contribution in [-0.2, 0) is 9.53 Å². The summed E-state index contributed by atoms with van der Waals surface area (Å²) in [6.07, 6.45) is 9.50. The van der Waals surface area contributed by atoms with Gasteiger partial charge in [-0.2, -0.15) is 0 Å². The second kappa shape index (κ2) is 10.1. The minimum absolute atomic E-state index is 0.104. The summed E-state index contributed by atoms with van der Waals surface area (Å²) >= 11 is 0. The fourth-order valence-corrected chi connectivity index (χ4v) is 4.03. The maximum absolute atomic E-state index is 13.1. The Morgan fingerprint density at radius 2 is 1.46 bits per heavy atom. The Hall–Kier alpha value is -1.79. The lowest BCUT2D eigenvalue weighted by atomic mass is 9.93. The van der Waals surface area contributed by atoms with Crippen LogP contribution in [0.1, 0.15) is 91.9 Å². The van der Waals surface area contributed by atoms with Crippen molar-refractivity contribution in [1.82, 2.24) is 15.5 Å². The smallest absolute Gasteiger partial charge is 0.408 e. The van der Waals surface area contributed by atoms with E-state index in [1.807, 2.05) is 0 Å². The second-order valence-corrected chi connectivity index (χ2v) is 9.15. The van der Waals surface area contributed by atoms with Crippen LogP contribution in [-0.4, -0.2) is 46.7 Å². The van der Waals surface area contributed by atoms with Gasteiger partial charge in [0.1, 0.15) is 11.6 Å². The number of urea groups is 1. The molecule has 4 amide bonds. The number of ether oxygens (including phenoxy) is 1.